The third-order valence-electron chi connectivity index (χ3n) is 5.27. The van der Waals surface area contributed by atoms with Gasteiger partial charge in [-0.2, -0.15) is 10.2 Å². The van der Waals surface area contributed by atoms with Crippen LogP contribution < -0.4 is 10.1 Å². The average Bonchev–Trinajstić information content (AvgIpc) is 3.14. The van der Waals surface area contributed by atoms with Crippen LogP contribution in [-0.4, -0.2) is 16.0 Å². The molecule has 6 heteroatoms. The molecule has 1 saturated carbocycles. The quantitative estimate of drug-likeness (QED) is 0.858. The topological polar surface area (TPSA) is 80.1 Å². The largest absolute Gasteiger partial charge is 0.438 e. The molecule has 0 saturated heterocycles. The molecule has 2 heterocycles. The SMILES string of the molecule is Cc1cc(C#N)cc(C)c1Oc1nc(NC2CCCCC2)nc2c1COC2. The number of nitrogens with zero attached hydrogens (tertiary/aromatic N) is 3. The highest BCUT2D eigenvalue weighted by atomic mass is 16.5. The van der Waals surface area contributed by atoms with E-state index in [-0.39, 0.29) is 0 Å². The molecule has 1 N–H and O–H groups in total. The number of aromatic nitrogens is 2. The summed E-state index contributed by atoms with van der Waals surface area (Å²) >= 11 is 0. The number of fused-ring (bicyclic) bond motifs is 1. The zero-order valence-corrected chi connectivity index (χ0v) is 15.8. The number of rotatable bonds is 4. The van der Waals surface area contributed by atoms with E-state index in [1.807, 2.05) is 26.0 Å². The van der Waals surface area contributed by atoms with Crippen LogP contribution in [0.15, 0.2) is 12.1 Å². The Kier molecular flexibility index (Phi) is 4.95. The maximum atomic E-state index is 9.15. The highest BCUT2D eigenvalue weighted by Gasteiger charge is 2.24. The van der Waals surface area contributed by atoms with E-state index in [0.29, 0.717) is 36.6 Å². The molecule has 2 aliphatic rings. The molecule has 1 fully saturated rings. The Hall–Kier alpha value is -2.65. The van der Waals surface area contributed by atoms with E-state index in [0.717, 1.165) is 41.0 Å². The van der Waals surface area contributed by atoms with E-state index in [2.05, 4.69) is 21.4 Å². The van der Waals surface area contributed by atoms with Crippen molar-refractivity contribution >= 4 is 5.95 Å². The van der Waals surface area contributed by atoms with Crippen molar-refractivity contribution in [2.24, 2.45) is 0 Å². The zero-order valence-electron chi connectivity index (χ0n) is 15.8. The molecule has 2 aromatic rings. The van der Waals surface area contributed by atoms with Gasteiger partial charge < -0.3 is 14.8 Å². The van der Waals surface area contributed by atoms with Crippen molar-refractivity contribution in [3.63, 3.8) is 0 Å². The molecule has 27 heavy (non-hydrogen) atoms. The van der Waals surface area contributed by atoms with Crippen LogP contribution in [0.25, 0.3) is 0 Å². The Labute approximate surface area is 159 Å². The van der Waals surface area contributed by atoms with Crippen molar-refractivity contribution in [2.45, 2.75) is 65.2 Å². The molecular weight excluding hydrogens is 340 g/mol. The van der Waals surface area contributed by atoms with Gasteiger partial charge >= 0.3 is 0 Å². The lowest BCUT2D eigenvalue weighted by molar-refractivity contribution is 0.132. The van der Waals surface area contributed by atoms with Crippen molar-refractivity contribution in [1.82, 2.24) is 9.97 Å². The summed E-state index contributed by atoms with van der Waals surface area (Å²) in [7, 11) is 0. The molecule has 0 spiro atoms. The Balaban J connectivity index is 1.65. The van der Waals surface area contributed by atoms with Gasteiger partial charge in [-0.25, -0.2) is 4.98 Å². The number of nitriles is 1. The molecule has 0 unspecified atom stereocenters. The lowest BCUT2D eigenvalue weighted by Gasteiger charge is -2.23. The fourth-order valence-electron chi connectivity index (χ4n) is 3.87. The minimum absolute atomic E-state index is 0.422. The molecule has 1 aliphatic carbocycles. The van der Waals surface area contributed by atoms with Gasteiger partial charge in [0.05, 0.1) is 36.1 Å². The van der Waals surface area contributed by atoms with Crippen molar-refractivity contribution in [3.8, 4) is 17.7 Å². The number of hydrogen-bond donors (Lipinski definition) is 1. The molecule has 0 radical (unpaired) electrons. The second-order valence-electron chi connectivity index (χ2n) is 7.40. The summed E-state index contributed by atoms with van der Waals surface area (Å²) in [5.41, 5.74) is 4.27. The number of ether oxygens (including phenoxy) is 2. The molecule has 1 aromatic heterocycles. The Bertz CT molecular complexity index is 875. The van der Waals surface area contributed by atoms with Crippen molar-refractivity contribution in [2.75, 3.05) is 5.32 Å². The van der Waals surface area contributed by atoms with Gasteiger partial charge in [0.1, 0.15) is 5.75 Å². The zero-order chi connectivity index (χ0) is 18.8. The molecule has 6 nitrogen and oxygen atoms in total. The van der Waals surface area contributed by atoms with Crippen LogP contribution in [0.4, 0.5) is 5.95 Å². The number of benzene rings is 1. The van der Waals surface area contributed by atoms with Crippen molar-refractivity contribution in [3.05, 3.63) is 40.1 Å². The van der Waals surface area contributed by atoms with Crippen LogP contribution in [0, 0.1) is 25.2 Å². The minimum Gasteiger partial charge on any atom is -0.438 e. The van der Waals surface area contributed by atoms with Gasteiger partial charge in [-0.05, 0) is 49.9 Å². The third kappa shape index (κ3) is 3.74. The monoisotopic (exact) mass is 364 g/mol. The molecule has 1 aromatic carbocycles. The number of anilines is 1. The van der Waals surface area contributed by atoms with Crippen LogP contribution >= 0.6 is 0 Å². The lowest BCUT2D eigenvalue weighted by atomic mass is 9.96. The molecule has 4 rings (SSSR count). The lowest BCUT2D eigenvalue weighted by Crippen LogP contribution is -2.24. The standard InChI is InChI=1S/C21H24N4O2/c1-13-8-15(10-22)9-14(2)19(13)27-20-17-11-26-12-18(17)24-21(25-20)23-16-6-4-3-5-7-16/h8-9,16H,3-7,11-12H2,1-2H3,(H,23,24,25). The summed E-state index contributed by atoms with van der Waals surface area (Å²) in [6, 6.07) is 6.28. The summed E-state index contributed by atoms with van der Waals surface area (Å²) < 4.78 is 11.8. The van der Waals surface area contributed by atoms with Gasteiger partial charge in [0.25, 0.3) is 0 Å². The number of hydrogen-bond acceptors (Lipinski definition) is 6. The first-order valence-electron chi connectivity index (χ1n) is 9.57. The first-order chi connectivity index (χ1) is 13.1. The normalized spacial score (nSPS) is 16.6. The van der Waals surface area contributed by atoms with Gasteiger partial charge in [0.15, 0.2) is 0 Å². The summed E-state index contributed by atoms with van der Waals surface area (Å²) in [5.74, 6) is 1.90. The van der Waals surface area contributed by atoms with Crippen LogP contribution in [0.3, 0.4) is 0 Å². The molecule has 0 bridgehead atoms. The van der Waals surface area contributed by atoms with Gasteiger partial charge in [-0.15, -0.1) is 0 Å². The highest BCUT2D eigenvalue weighted by molar-refractivity contribution is 5.50. The number of aryl methyl sites for hydroxylation is 2. The summed E-state index contributed by atoms with van der Waals surface area (Å²) in [6.45, 7) is 4.84. The Morgan fingerprint density at radius 2 is 1.85 bits per heavy atom. The Morgan fingerprint density at radius 3 is 2.56 bits per heavy atom. The van der Waals surface area contributed by atoms with Crippen molar-refractivity contribution in [1.29, 1.82) is 5.26 Å². The van der Waals surface area contributed by atoms with E-state index in [1.165, 1.54) is 19.3 Å². The van der Waals surface area contributed by atoms with Crippen LogP contribution in [0.5, 0.6) is 11.6 Å². The van der Waals surface area contributed by atoms with E-state index in [1.54, 1.807) is 0 Å². The predicted octanol–water partition coefficient (Wildman–Crippen LogP) is 4.53. The van der Waals surface area contributed by atoms with E-state index >= 15 is 0 Å². The first kappa shape index (κ1) is 17.7. The first-order valence-corrected chi connectivity index (χ1v) is 9.57. The van der Waals surface area contributed by atoms with Crippen molar-refractivity contribution < 1.29 is 9.47 Å². The van der Waals surface area contributed by atoms with Crippen LogP contribution in [0.2, 0.25) is 0 Å². The van der Waals surface area contributed by atoms with Gasteiger partial charge in [0.2, 0.25) is 11.8 Å². The maximum absolute atomic E-state index is 9.15. The summed E-state index contributed by atoms with van der Waals surface area (Å²) in [5, 5.41) is 12.6. The second-order valence-corrected chi connectivity index (χ2v) is 7.40. The number of nitrogens with one attached hydrogen (secondary N) is 1. The smallest absolute Gasteiger partial charge is 0.230 e. The molecule has 140 valence electrons. The average molecular weight is 364 g/mol. The highest BCUT2D eigenvalue weighted by Crippen LogP contribution is 2.35. The predicted molar refractivity (Wildman–Crippen MR) is 102 cm³/mol. The van der Waals surface area contributed by atoms with E-state index in [9.17, 15) is 0 Å². The minimum atomic E-state index is 0.422. The molecular formula is C21H24N4O2. The molecule has 1 aliphatic heterocycles. The summed E-state index contributed by atoms with van der Waals surface area (Å²) in [4.78, 5) is 9.32. The summed E-state index contributed by atoms with van der Waals surface area (Å²) in [6.07, 6.45) is 6.11. The maximum Gasteiger partial charge on any atom is 0.230 e. The van der Waals surface area contributed by atoms with E-state index in [4.69, 9.17) is 14.7 Å². The van der Waals surface area contributed by atoms with Gasteiger partial charge in [-0.3, -0.25) is 0 Å². The fraction of sp³-hybridized carbons (Fsp3) is 0.476. The van der Waals surface area contributed by atoms with Crippen LogP contribution in [-0.2, 0) is 18.0 Å². The fourth-order valence-corrected chi connectivity index (χ4v) is 3.87. The Morgan fingerprint density at radius 1 is 1.11 bits per heavy atom. The second kappa shape index (κ2) is 7.53. The van der Waals surface area contributed by atoms with Gasteiger partial charge in [-0.1, -0.05) is 19.3 Å². The molecule has 0 amide bonds. The third-order valence-corrected chi connectivity index (χ3v) is 5.27. The van der Waals surface area contributed by atoms with E-state index < -0.39 is 0 Å². The van der Waals surface area contributed by atoms with Crippen LogP contribution in [0.1, 0.15) is 60.1 Å². The molecule has 0 atom stereocenters. The van der Waals surface area contributed by atoms with Gasteiger partial charge in [0, 0.05) is 6.04 Å².